The molecule has 0 unspecified atom stereocenters. The summed E-state index contributed by atoms with van der Waals surface area (Å²) in [6, 6.07) is 0. The van der Waals surface area contributed by atoms with Crippen LogP contribution in [-0.4, -0.2) is 19.3 Å². The van der Waals surface area contributed by atoms with Gasteiger partial charge in [-0.15, -0.1) is 0 Å². The zero-order valence-corrected chi connectivity index (χ0v) is 8.40. The summed E-state index contributed by atoms with van der Waals surface area (Å²) in [6.45, 7) is 9.21. The van der Waals surface area contributed by atoms with E-state index in [0.717, 1.165) is 13.0 Å². The lowest BCUT2D eigenvalue weighted by molar-refractivity contribution is 0.0842. The van der Waals surface area contributed by atoms with Gasteiger partial charge in [-0.2, -0.15) is 0 Å². The minimum absolute atomic E-state index is 0.0952. The van der Waals surface area contributed by atoms with E-state index in [1.54, 1.807) is 7.11 Å². The second-order valence-corrected chi connectivity index (χ2v) is 4.76. The van der Waals surface area contributed by atoms with Gasteiger partial charge in [0.05, 0.1) is 6.61 Å². The molecule has 0 fully saturated rings. The summed E-state index contributed by atoms with van der Waals surface area (Å²) in [6.07, 6.45) is 0.980. The lowest BCUT2D eigenvalue weighted by atomic mass is 9.81. The summed E-state index contributed by atoms with van der Waals surface area (Å²) in [4.78, 5) is 0. The molecule has 0 heterocycles. The molecule has 0 radical (unpaired) electrons. The Morgan fingerprint density at radius 3 is 1.91 bits per heavy atom. The van der Waals surface area contributed by atoms with Crippen LogP contribution < -0.4 is 5.73 Å². The number of methoxy groups -OCH3 is 1. The molecular formula is C9H21NO. The quantitative estimate of drug-likeness (QED) is 0.678. The number of rotatable bonds is 4. The molecule has 0 aliphatic rings. The van der Waals surface area contributed by atoms with Crippen molar-refractivity contribution < 1.29 is 4.74 Å². The third-order valence-electron chi connectivity index (χ3n) is 1.47. The van der Waals surface area contributed by atoms with Crippen LogP contribution in [0.25, 0.3) is 0 Å². The molecule has 11 heavy (non-hydrogen) atoms. The Morgan fingerprint density at radius 1 is 1.18 bits per heavy atom. The largest absolute Gasteiger partial charge is 0.384 e. The van der Waals surface area contributed by atoms with E-state index in [-0.39, 0.29) is 11.0 Å². The molecule has 0 amide bonds. The monoisotopic (exact) mass is 159 g/mol. The number of hydrogen-bond donors (Lipinski definition) is 1. The zero-order valence-electron chi connectivity index (χ0n) is 8.40. The highest BCUT2D eigenvalue weighted by atomic mass is 16.5. The predicted molar refractivity (Wildman–Crippen MR) is 48.5 cm³/mol. The van der Waals surface area contributed by atoms with Crippen molar-refractivity contribution in [2.45, 2.75) is 39.7 Å². The predicted octanol–water partition coefficient (Wildman–Crippen LogP) is 1.79. The third kappa shape index (κ3) is 6.32. The van der Waals surface area contributed by atoms with Gasteiger partial charge in [-0.05, 0) is 25.7 Å². The topological polar surface area (TPSA) is 35.2 Å². The molecule has 0 aromatic carbocycles. The highest BCUT2D eigenvalue weighted by Gasteiger charge is 2.25. The van der Waals surface area contributed by atoms with E-state index >= 15 is 0 Å². The number of ether oxygens (including phenoxy) is 1. The van der Waals surface area contributed by atoms with E-state index in [1.807, 2.05) is 13.8 Å². The maximum atomic E-state index is 5.90. The van der Waals surface area contributed by atoms with Crippen LogP contribution in [0.15, 0.2) is 0 Å². The van der Waals surface area contributed by atoms with Crippen molar-refractivity contribution in [3.05, 3.63) is 0 Å². The first kappa shape index (κ1) is 10.9. The Bertz CT molecular complexity index is 113. The molecule has 2 N–H and O–H groups in total. The summed E-state index contributed by atoms with van der Waals surface area (Å²) in [5.74, 6) is 0. The van der Waals surface area contributed by atoms with Crippen LogP contribution in [-0.2, 0) is 4.74 Å². The van der Waals surface area contributed by atoms with Crippen LogP contribution in [0.1, 0.15) is 34.1 Å². The molecule has 0 atom stereocenters. The minimum Gasteiger partial charge on any atom is -0.384 e. The van der Waals surface area contributed by atoms with Crippen LogP contribution >= 0.6 is 0 Å². The SMILES string of the molecule is COCC(C)(C)CC(C)(C)N. The second-order valence-electron chi connectivity index (χ2n) is 4.76. The van der Waals surface area contributed by atoms with E-state index in [1.165, 1.54) is 0 Å². The molecule has 0 spiro atoms. The molecule has 0 rings (SSSR count). The summed E-state index contributed by atoms with van der Waals surface area (Å²) < 4.78 is 5.10. The summed E-state index contributed by atoms with van der Waals surface area (Å²) in [5, 5.41) is 0. The molecule has 0 aromatic heterocycles. The maximum Gasteiger partial charge on any atom is 0.0514 e. The molecular weight excluding hydrogens is 138 g/mol. The fourth-order valence-electron chi connectivity index (χ4n) is 1.68. The first-order valence-corrected chi connectivity index (χ1v) is 4.05. The van der Waals surface area contributed by atoms with Gasteiger partial charge in [0.2, 0.25) is 0 Å². The minimum atomic E-state index is -0.0952. The first-order valence-electron chi connectivity index (χ1n) is 4.05. The fraction of sp³-hybridized carbons (Fsp3) is 1.00. The van der Waals surface area contributed by atoms with Gasteiger partial charge < -0.3 is 10.5 Å². The number of hydrogen-bond acceptors (Lipinski definition) is 2. The van der Waals surface area contributed by atoms with Crippen LogP contribution in [0.4, 0.5) is 0 Å². The van der Waals surface area contributed by atoms with E-state index in [2.05, 4.69) is 13.8 Å². The first-order chi connectivity index (χ1) is 4.77. The van der Waals surface area contributed by atoms with E-state index in [9.17, 15) is 0 Å². The highest BCUT2D eigenvalue weighted by Crippen LogP contribution is 2.26. The maximum absolute atomic E-state index is 5.90. The molecule has 68 valence electrons. The fourth-order valence-corrected chi connectivity index (χ4v) is 1.68. The van der Waals surface area contributed by atoms with E-state index in [4.69, 9.17) is 10.5 Å². The average Bonchev–Trinajstić information content (AvgIpc) is 1.55. The molecule has 0 saturated carbocycles. The van der Waals surface area contributed by atoms with Crippen molar-refractivity contribution >= 4 is 0 Å². The summed E-state index contributed by atoms with van der Waals surface area (Å²) >= 11 is 0. The van der Waals surface area contributed by atoms with Crippen LogP contribution in [0.2, 0.25) is 0 Å². The van der Waals surface area contributed by atoms with E-state index in [0.29, 0.717) is 0 Å². The van der Waals surface area contributed by atoms with Gasteiger partial charge in [0.1, 0.15) is 0 Å². The summed E-state index contributed by atoms with van der Waals surface area (Å²) in [7, 11) is 1.73. The highest BCUT2D eigenvalue weighted by molar-refractivity contribution is 4.81. The molecule has 2 heteroatoms. The Hall–Kier alpha value is -0.0800. The molecule has 0 aliphatic carbocycles. The van der Waals surface area contributed by atoms with Gasteiger partial charge >= 0.3 is 0 Å². The van der Waals surface area contributed by atoms with Crippen molar-refractivity contribution in [3.63, 3.8) is 0 Å². The molecule has 2 nitrogen and oxygen atoms in total. The standard InChI is InChI=1S/C9H21NO/c1-8(2,7-11-5)6-9(3,4)10/h6-7,10H2,1-5H3. The summed E-state index contributed by atoms with van der Waals surface area (Å²) in [5.41, 5.74) is 5.99. The van der Waals surface area contributed by atoms with Crippen molar-refractivity contribution in [3.8, 4) is 0 Å². The van der Waals surface area contributed by atoms with Crippen molar-refractivity contribution in [2.24, 2.45) is 11.1 Å². The molecule has 0 saturated heterocycles. The van der Waals surface area contributed by atoms with E-state index < -0.39 is 0 Å². The Balaban J connectivity index is 3.91. The normalized spacial score (nSPS) is 13.6. The van der Waals surface area contributed by atoms with Gasteiger partial charge in [-0.25, -0.2) is 0 Å². The van der Waals surface area contributed by atoms with Gasteiger partial charge in [-0.1, -0.05) is 13.8 Å². The lowest BCUT2D eigenvalue weighted by Gasteiger charge is -2.31. The van der Waals surface area contributed by atoms with Crippen LogP contribution in [0, 0.1) is 5.41 Å². The zero-order chi connectivity index (χ0) is 9.12. The van der Waals surface area contributed by atoms with Crippen LogP contribution in [0.3, 0.4) is 0 Å². The smallest absolute Gasteiger partial charge is 0.0514 e. The van der Waals surface area contributed by atoms with Gasteiger partial charge in [0.15, 0.2) is 0 Å². The molecule has 0 bridgehead atoms. The lowest BCUT2D eigenvalue weighted by Crippen LogP contribution is -2.38. The van der Waals surface area contributed by atoms with Gasteiger partial charge in [0.25, 0.3) is 0 Å². The molecule has 0 aliphatic heterocycles. The van der Waals surface area contributed by atoms with Gasteiger partial charge in [-0.3, -0.25) is 0 Å². The average molecular weight is 159 g/mol. The van der Waals surface area contributed by atoms with Gasteiger partial charge in [0, 0.05) is 12.6 Å². The Morgan fingerprint density at radius 2 is 1.64 bits per heavy atom. The Kier molecular flexibility index (Phi) is 3.52. The van der Waals surface area contributed by atoms with Crippen LogP contribution in [0.5, 0.6) is 0 Å². The second kappa shape index (κ2) is 3.55. The number of nitrogens with two attached hydrogens (primary N) is 1. The third-order valence-corrected chi connectivity index (χ3v) is 1.47. The Labute approximate surface area is 70.1 Å². The molecule has 0 aromatic rings. The van der Waals surface area contributed by atoms with Crippen molar-refractivity contribution in [1.29, 1.82) is 0 Å². The van der Waals surface area contributed by atoms with Crippen molar-refractivity contribution in [1.82, 2.24) is 0 Å². The van der Waals surface area contributed by atoms with Crippen molar-refractivity contribution in [2.75, 3.05) is 13.7 Å².